The third-order valence-corrected chi connectivity index (χ3v) is 7.25. The van der Waals surface area contributed by atoms with E-state index in [0.29, 0.717) is 22.5 Å². The minimum Gasteiger partial charge on any atom is -0.236 e. The van der Waals surface area contributed by atoms with Gasteiger partial charge in [0.15, 0.2) is 11.6 Å². The van der Waals surface area contributed by atoms with E-state index in [4.69, 9.17) is 9.97 Å². The van der Waals surface area contributed by atoms with Crippen molar-refractivity contribution in [2.75, 3.05) is 0 Å². The maximum Gasteiger partial charge on any atom is 0.159 e. The predicted molar refractivity (Wildman–Crippen MR) is 129 cm³/mol. The van der Waals surface area contributed by atoms with Gasteiger partial charge in [0.25, 0.3) is 0 Å². The molecule has 0 unspecified atom stereocenters. The van der Waals surface area contributed by atoms with E-state index in [0.717, 1.165) is 30.9 Å². The molecule has 0 saturated carbocycles. The highest BCUT2D eigenvalue weighted by atomic mass is 32.1. The summed E-state index contributed by atoms with van der Waals surface area (Å²) < 4.78 is 28.8. The lowest BCUT2D eigenvalue weighted by molar-refractivity contribution is 0.509. The van der Waals surface area contributed by atoms with Crippen LogP contribution in [0.25, 0.3) is 43.7 Å². The Morgan fingerprint density at radius 3 is 1.34 bits per heavy atom. The molecule has 32 heavy (non-hydrogen) atoms. The van der Waals surface area contributed by atoms with Gasteiger partial charge in [-0.3, -0.25) is 0 Å². The topological polar surface area (TPSA) is 25.8 Å². The Labute approximate surface area is 192 Å². The van der Waals surface area contributed by atoms with E-state index in [9.17, 15) is 8.78 Å². The maximum atomic E-state index is 14.4. The fraction of sp³-hybridized carbons (Fsp3) is 0.0769. The van der Waals surface area contributed by atoms with Crippen molar-refractivity contribution in [3.63, 3.8) is 0 Å². The molecule has 0 aliphatic carbocycles. The van der Waals surface area contributed by atoms with E-state index >= 15 is 0 Å². The second-order valence-corrected chi connectivity index (χ2v) is 9.80. The first kappa shape index (κ1) is 20.7. The zero-order valence-corrected chi connectivity index (χ0v) is 19.0. The number of benzene rings is 3. The summed E-state index contributed by atoms with van der Waals surface area (Å²) in [6.07, 6.45) is 0. The van der Waals surface area contributed by atoms with Crippen LogP contribution < -0.4 is 0 Å². The van der Waals surface area contributed by atoms with Crippen LogP contribution in [0, 0.1) is 25.5 Å². The summed E-state index contributed by atoms with van der Waals surface area (Å²) in [6, 6.07) is 22.2. The van der Waals surface area contributed by atoms with Crippen molar-refractivity contribution in [1.29, 1.82) is 0 Å². The quantitative estimate of drug-likeness (QED) is 0.270. The number of halogens is 2. The van der Waals surface area contributed by atoms with Gasteiger partial charge in [0.1, 0.15) is 10.0 Å². The molecule has 5 aromatic rings. The molecular formula is C26H18F2N2S2. The first-order chi connectivity index (χ1) is 15.5. The van der Waals surface area contributed by atoms with Crippen LogP contribution in [0.4, 0.5) is 8.78 Å². The Morgan fingerprint density at radius 1 is 0.594 bits per heavy atom. The van der Waals surface area contributed by atoms with Gasteiger partial charge in [0.05, 0.1) is 11.4 Å². The van der Waals surface area contributed by atoms with Crippen LogP contribution in [0.5, 0.6) is 0 Å². The summed E-state index contributed by atoms with van der Waals surface area (Å²) in [4.78, 5) is 11.5. The highest BCUT2D eigenvalue weighted by molar-refractivity contribution is 7.15. The summed E-state index contributed by atoms with van der Waals surface area (Å²) >= 11 is 3.07. The molecule has 0 amide bonds. The molecule has 2 nitrogen and oxygen atoms in total. The van der Waals surface area contributed by atoms with E-state index in [1.165, 1.54) is 34.8 Å². The SMILES string of the molecule is Cc1sc(-c2ccccc2)nc1-c1cc(F)c(F)cc1-c1nc(-c2ccccc2)sc1C. The maximum absolute atomic E-state index is 14.4. The predicted octanol–water partition coefficient (Wildman–Crippen LogP) is 8.16. The third-order valence-electron chi connectivity index (χ3n) is 5.21. The van der Waals surface area contributed by atoms with Gasteiger partial charge >= 0.3 is 0 Å². The largest absolute Gasteiger partial charge is 0.236 e. The normalized spacial score (nSPS) is 11.1. The summed E-state index contributed by atoms with van der Waals surface area (Å²) in [7, 11) is 0. The lowest BCUT2D eigenvalue weighted by Gasteiger charge is -2.09. The Bertz CT molecular complexity index is 1300. The fourth-order valence-electron chi connectivity index (χ4n) is 3.64. The second-order valence-electron chi connectivity index (χ2n) is 7.39. The lowest BCUT2D eigenvalue weighted by Crippen LogP contribution is -1.94. The minimum atomic E-state index is -0.895. The number of thiazole rings is 2. The van der Waals surface area contributed by atoms with Gasteiger partial charge < -0.3 is 0 Å². The third kappa shape index (κ3) is 3.76. The smallest absolute Gasteiger partial charge is 0.159 e. The number of hydrogen-bond acceptors (Lipinski definition) is 4. The van der Waals surface area contributed by atoms with Crippen LogP contribution >= 0.6 is 22.7 Å². The lowest BCUT2D eigenvalue weighted by atomic mass is 10.00. The molecule has 0 fully saturated rings. The van der Waals surface area contributed by atoms with E-state index in [2.05, 4.69) is 0 Å². The minimum absolute atomic E-state index is 0.549. The van der Waals surface area contributed by atoms with Crippen molar-refractivity contribution in [3.05, 3.63) is 94.2 Å². The van der Waals surface area contributed by atoms with Crippen molar-refractivity contribution < 1.29 is 8.78 Å². The highest BCUT2D eigenvalue weighted by Crippen LogP contribution is 2.41. The summed E-state index contributed by atoms with van der Waals surface area (Å²) in [5.41, 5.74) is 4.38. The van der Waals surface area contributed by atoms with Crippen LogP contribution in [-0.2, 0) is 0 Å². The second kappa shape index (κ2) is 8.37. The molecule has 2 heterocycles. The molecule has 0 atom stereocenters. The van der Waals surface area contributed by atoms with Gasteiger partial charge in [-0.1, -0.05) is 60.7 Å². The number of hydrogen-bond donors (Lipinski definition) is 0. The Hall–Kier alpha value is -3.22. The molecule has 0 saturated heterocycles. The van der Waals surface area contributed by atoms with Gasteiger partial charge in [0.2, 0.25) is 0 Å². The molecule has 158 valence electrons. The Kier molecular flexibility index (Phi) is 5.41. The van der Waals surface area contributed by atoms with Crippen molar-refractivity contribution in [3.8, 4) is 43.7 Å². The van der Waals surface area contributed by atoms with Crippen molar-refractivity contribution >= 4 is 22.7 Å². The average Bonchev–Trinajstić information content (AvgIpc) is 3.39. The number of nitrogens with zero attached hydrogens (tertiary/aromatic N) is 2. The van der Waals surface area contributed by atoms with E-state index in [1.54, 1.807) is 0 Å². The first-order valence-electron chi connectivity index (χ1n) is 10.1. The number of aryl methyl sites for hydroxylation is 2. The molecule has 0 aliphatic rings. The highest BCUT2D eigenvalue weighted by Gasteiger charge is 2.22. The van der Waals surface area contributed by atoms with Crippen LogP contribution in [0.1, 0.15) is 9.75 Å². The van der Waals surface area contributed by atoms with Crippen molar-refractivity contribution in [1.82, 2.24) is 9.97 Å². The molecule has 0 aliphatic heterocycles. The van der Waals surface area contributed by atoms with Gasteiger partial charge in [-0.05, 0) is 26.0 Å². The number of aromatic nitrogens is 2. The van der Waals surface area contributed by atoms with E-state index in [-0.39, 0.29) is 0 Å². The van der Waals surface area contributed by atoms with Gasteiger partial charge in [-0.15, -0.1) is 22.7 Å². The first-order valence-corrected chi connectivity index (χ1v) is 11.7. The number of rotatable bonds is 4. The molecule has 0 radical (unpaired) electrons. The van der Waals surface area contributed by atoms with Gasteiger partial charge in [-0.25, -0.2) is 18.7 Å². The van der Waals surface area contributed by atoms with Crippen LogP contribution in [0.3, 0.4) is 0 Å². The van der Waals surface area contributed by atoms with Crippen LogP contribution in [0.2, 0.25) is 0 Å². The molecular weight excluding hydrogens is 442 g/mol. The Balaban J connectivity index is 1.68. The fourth-order valence-corrected chi connectivity index (χ4v) is 5.51. The molecule has 0 spiro atoms. The molecule has 0 bridgehead atoms. The molecule has 0 N–H and O–H groups in total. The standard InChI is InChI=1S/C26H18F2N2S2/c1-15-23(29-25(31-15)17-9-5-3-6-10-17)19-13-21(27)22(28)14-20(19)24-16(2)32-26(30-24)18-11-7-4-8-12-18/h3-14H,1-2H3. The van der Waals surface area contributed by atoms with Crippen molar-refractivity contribution in [2.24, 2.45) is 0 Å². The molecule has 5 rings (SSSR count). The van der Waals surface area contributed by atoms with Gasteiger partial charge in [0, 0.05) is 32.0 Å². The summed E-state index contributed by atoms with van der Waals surface area (Å²) in [5.74, 6) is -1.79. The Morgan fingerprint density at radius 2 is 0.969 bits per heavy atom. The van der Waals surface area contributed by atoms with E-state index in [1.807, 2.05) is 74.5 Å². The molecule has 6 heteroatoms. The summed E-state index contributed by atoms with van der Waals surface area (Å²) in [6.45, 7) is 3.90. The van der Waals surface area contributed by atoms with Crippen molar-refractivity contribution in [2.45, 2.75) is 13.8 Å². The monoisotopic (exact) mass is 460 g/mol. The van der Waals surface area contributed by atoms with Crippen LogP contribution in [0.15, 0.2) is 72.8 Å². The van der Waals surface area contributed by atoms with E-state index < -0.39 is 11.6 Å². The average molecular weight is 461 g/mol. The molecule has 2 aromatic heterocycles. The zero-order chi connectivity index (χ0) is 22.2. The zero-order valence-electron chi connectivity index (χ0n) is 17.4. The summed E-state index contributed by atoms with van der Waals surface area (Å²) in [5, 5.41) is 1.68. The molecule has 3 aromatic carbocycles. The van der Waals surface area contributed by atoms with Gasteiger partial charge in [-0.2, -0.15) is 0 Å². The van der Waals surface area contributed by atoms with Crippen LogP contribution in [-0.4, -0.2) is 9.97 Å².